The van der Waals surface area contributed by atoms with Crippen LogP contribution in [0.4, 0.5) is 51.2 Å². The van der Waals surface area contributed by atoms with Crippen LogP contribution in [-0.2, 0) is 0 Å². The van der Waals surface area contributed by atoms with E-state index < -0.39 is 8.07 Å². The number of hydrogen-bond donors (Lipinski definition) is 0. The van der Waals surface area contributed by atoms with Gasteiger partial charge in [0.15, 0.2) is 8.07 Å². The molecule has 0 atom stereocenters. The number of hydrogen-bond acceptors (Lipinski definition) is 9. The van der Waals surface area contributed by atoms with Crippen LogP contribution in [0.1, 0.15) is 27.7 Å². The Labute approximate surface area is 336 Å². The zero-order chi connectivity index (χ0) is 41.8. The molecule has 0 unspecified atom stereocenters. The lowest BCUT2D eigenvalue weighted by molar-refractivity contribution is 1.05. The molecular weight excluding hydrogens is 695 g/mol. The summed E-state index contributed by atoms with van der Waals surface area (Å²) in [6.45, 7) is 9.56. The van der Waals surface area contributed by atoms with Crippen LogP contribution in [0, 0.1) is 0 Å². The van der Waals surface area contributed by atoms with Gasteiger partial charge in [-0.2, -0.15) is 0 Å². The van der Waals surface area contributed by atoms with E-state index in [0.29, 0.717) is 0 Å². The monoisotopic (exact) mass is 768 g/mol. The van der Waals surface area contributed by atoms with Crippen LogP contribution in [0.15, 0.2) is 58.7 Å². The first kappa shape index (κ1) is 43.3. The zero-order valence-corrected chi connectivity index (χ0v) is 39.6. The Hall–Kier alpha value is -4.44. The summed E-state index contributed by atoms with van der Waals surface area (Å²) in [5.74, 6) is 0. The van der Waals surface area contributed by atoms with Gasteiger partial charge in [0.1, 0.15) is 0 Å². The van der Waals surface area contributed by atoms with Gasteiger partial charge in [0.2, 0.25) is 0 Å². The van der Waals surface area contributed by atoms with E-state index in [1.807, 2.05) is 0 Å². The molecule has 0 saturated heterocycles. The predicted molar refractivity (Wildman–Crippen MR) is 253 cm³/mol. The molecule has 3 aromatic carbocycles. The highest BCUT2D eigenvalue weighted by Crippen LogP contribution is 2.51. The molecule has 0 spiro atoms. The number of allylic oxidation sites excluding steroid dienone is 4. The van der Waals surface area contributed by atoms with Crippen LogP contribution >= 0.6 is 0 Å². The van der Waals surface area contributed by atoms with E-state index in [9.17, 15) is 0 Å². The van der Waals surface area contributed by atoms with E-state index in [1.165, 1.54) is 89.0 Å². The van der Waals surface area contributed by atoms with E-state index >= 15 is 0 Å². The topological polar surface area (TPSA) is 29.2 Å². The van der Waals surface area contributed by atoms with Crippen LogP contribution in [0.5, 0.6) is 0 Å². The molecule has 10 heteroatoms. The van der Waals surface area contributed by atoms with Gasteiger partial charge in [-0.3, -0.25) is 0 Å². The maximum Gasteiger partial charge on any atom is 0.167 e. The Morgan fingerprint density at radius 3 is 0.745 bits per heavy atom. The van der Waals surface area contributed by atoms with E-state index in [2.05, 4.69) is 235 Å². The van der Waals surface area contributed by atoms with Crippen molar-refractivity contribution in [1.82, 2.24) is 0 Å². The van der Waals surface area contributed by atoms with E-state index in [-0.39, 0.29) is 5.54 Å². The molecule has 4 rings (SSSR count). The molecule has 0 radical (unpaired) electrons. The first-order chi connectivity index (χ1) is 25.4. The van der Waals surface area contributed by atoms with Crippen molar-refractivity contribution in [2.75, 3.05) is 171 Å². The Bertz CT molecular complexity index is 1760. The summed E-state index contributed by atoms with van der Waals surface area (Å²) in [4.78, 5) is 20.9. The minimum Gasteiger partial charge on any atom is -0.378 e. The van der Waals surface area contributed by atoms with Crippen molar-refractivity contribution in [3.8, 4) is 0 Å². The van der Waals surface area contributed by atoms with Gasteiger partial charge in [-0.05, 0) is 90.8 Å². The molecule has 0 saturated carbocycles. The molecule has 1 aliphatic carbocycles. The van der Waals surface area contributed by atoms with Crippen LogP contribution in [0.2, 0.25) is 5.54 Å². The molecule has 55 heavy (non-hydrogen) atoms. The summed E-state index contributed by atoms with van der Waals surface area (Å²) in [5.41, 5.74) is 16.9. The Morgan fingerprint density at radius 2 is 0.564 bits per heavy atom. The van der Waals surface area contributed by atoms with Gasteiger partial charge in [-0.15, -0.1) is 0 Å². The molecule has 302 valence electrons. The molecule has 0 heterocycles. The fourth-order valence-electron chi connectivity index (χ4n) is 8.82. The molecule has 0 bridgehead atoms. The molecule has 9 nitrogen and oxygen atoms in total. The lowest BCUT2D eigenvalue weighted by Gasteiger charge is -2.47. The second kappa shape index (κ2) is 16.0. The average Bonchev–Trinajstić information content (AvgIpc) is 3.28. The summed E-state index contributed by atoms with van der Waals surface area (Å²) in [6, 6.07) is 14.8. The highest BCUT2D eigenvalue weighted by atomic mass is 28.3. The summed E-state index contributed by atoms with van der Waals surface area (Å²) in [5, 5.41) is 4.23. The lowest BCUT2D eigenvalue weighted by atomic mass is 10.1. The van der Waals surface area contributed by atoms with Crippen molar-refractivity contribution in [1.29, 1.82) is 0 Å². The second-order valence-electron chi connectivity index (χ2n) is 17.5. The van der Waals surface area contributed by atoms with Crippen molar-refractivity contribution in [3.05, 3.63) is 58.7 Å². The van der Waals surface area contributed by atoms with Crippen molar-refractivity contribution in [2.45, 2.75) is 33.2 Å². The molecule has 3 aromatic rings. The van der Waals surface area contributed by atoms with Gasteiger partial charge in [0, 0.05) is 149 Å². The molecule has 0 fully saturated rings. The van der Waals surface area contributed by atoms with Crippen molar-refractivity contribution in [3.63, 3.8) is 0 Å². The minimum atomic E-state index is -3.39. The van der Waals surface area contributed by atoms with E-state index in [4.69, 9.17) is 0 Å². The summed E-state index contributed by atoms with van der Waals surface area (Å²) < 4.78 is 0. The maximum absolute atomic E-state index is 3.39. The number of anilines is 9. The highest BCUT2D eigenvalue weighted by Gasteiger charge is 2.55. The second-order valence-corrected chi connectivity index (χ2v) is 21.3. The molecule has 0 aromatic heterocycles. The standard InChI is InChI=1S/C45H73N9Si/c1-29-30(2)32(4)45(31(29)3)55(39-26-33(46(5)6)23-36(49(11)12)42(39)52(17)18,40-27-34(47(7)8)24-37(50(13)14)43(40)53(19)20)41-28-35(48(9)10)25-38(51(15)16)44(41)54(21)22/h23-28,45H,1-22H3. The van der Waals surface area contributed by atoms with Gasteiger partial charge >= 0.3 is 0 Å². The lowest BCUT2D eigenvalue weighted by Crippen LogP contribution is -2.72. The fourth-order valence-corrected chi connectivity index (χ4v) is 15.7. The van der Waals surface area contributed by atoms with Crippen LogP contribution in [0.3, 0.4) is 0 Å². The zero-order valence-electron chi connectivity index (χ0n) is 38.6. The Balaban J connectivity index is 2.72. The Kier molecular flexibility index (Phi) is 12.6. The van der Waals surface area contributed by atoms with Gasteiger partial charge < -0.3 is 44.1 Å². The van der Waals surface area contributed by atoms with Crippen molar-refractivity contribution in [2.24, 2.45) is 0 Å². The highest BCUT2D eigenvalue weighted by molar-refractivity contribution is 7.15. The first-order valence-electron chi connectivity index (χ1n) is 19.4. The van der Waals surface area contributed by atoms with Crippen LogP contribution in [0.25, 0.3) is 0 Å². The predicted octanol–water partition coefficient (Wildman–Crippen LogP) is 5.81. The van der Waals surface area contributed by atoms with Crippen LogP contribution in [-0.4, -0.2) is 135 Å². The summed E-state index contributed by atoms with van der Waals surface area (Å²) in [6.07, 6.45) is 0. The van der Waals surface area contributed by atoms with Crippen molar-refractivity contribution < 1.29 is 0 Å². The summed E-state index contributed by atoms with van der Waals surface area (Å²) >= 11 is 0. The Morgan fingerprint density at radius 1 is 0.327 bits per heavy atom. The normalized spacial score (nSPS) is 13.4. The van der Waals surface area contributed by atoms with Gasteiger partial charge in [-0.1, -0.05) is 11.1 Å². The van der Waals surface area contributed by atoms with E-state index in [0.717, 1.165) is 0 Å². The number of nitrogens with zero attached hydrogens (tertiary/aromatic N) is 9. The minimum absolute atomic E-state index is 0.121. The van der Waals surface area contributed by atoms with Crippen LogP contribution < -0.4 is 59.7 Å². The molecular formula is C45H73N9Si. The fraction of sp³-hybridized carbons (Fsp3) is 0.511. The number of benzene rings is 3. The maximum atomic E-state index is 2.56. The summed E-state index contributed by atoms with van der Waals surface area (Å²) in [7, 11) is 36.3. The van der Waals surface area contributed by atoms with Crippen molar-refractivity contribution >= 4 is 74.8 Å². The molecule has 1 aliphatic rings. The third kappa shape index (κ3) is 7.34. The molecule has 0 aliphatic heterocycles. The molecule has 0 amide bonds. The van der Waals surface area contributed by atoms with E-state index in [1.54, 1.807) is 0 Å². The largest absolute Gasteiger partial charge is 0.378 e. The van der Waals surface area contributed by atoms with Gasteiger partial charge in [0.25, 0.3) is 0 Å². The first-order valence-corrected chi connectivity index (χ1v) is 21.5. The SMILES string of the molecule is CC1=C(C)C([Si](c2cc(N(C)C)cc(N(C)C)c2N(C)C)(c2cc(N(C)C)cc(N(C)C)c2N(C)C)c2cc(N(C)C)cc(N(C)C)c2N(C)C)C(C)=C1C. The van der Waals surface area contributed by atoms with Gasteiger partial charge in [-0.25, -0.2) is 0 Å². The smallest absolute Gasteiger partial charge is 0.167 e. The third-order valence-corrected chi connectivity index (χ3v) is 17.3. The third-order valence-electron chi connectivity index (χ3n) is 11.9. The average molecular weight is 768 g/mol. The quantitative estimate of drug-likeness (QED) is 0.158. The molecule has 0 N–H and O–H groups in total. The van der Waals surface area contributed by atoms with Gasteiger partial charge in [0.05, 0.1) is 34.1 Å². The number of rotatable bonds is 13.